The number of carbonyl (C=O) groups excluding carboxylic acids is 4. The van der Waals surface area contributed by atoms with Gasteiger partial charge in [-0.15, -0.1) is 13.2 Å². The third kappa shape index (κ3) is 12.3. The summed E-state index contributed by atoms with van der Waals surface area (Å²) >= 11 is 0. The van der Waals surface area contributed by atoms with Crippen LogP contribution >= 0.6 is 0 Å². The normalized spacial score (nSPS) is 15.6. The van der Waals surface area contributed by atoms with Crippen LogP contribution in [0.25, 0.3) is 0 Å². The van der Waals surface area contributed by atoms with Crippen LogP contribution in [-0.2, 0) is 35.6 Å². The van der Waals surface area contributed by atoms with Gasteiger partial charge in [-0.3, -0.25) is 24.2 Å². The molecule has 0 radical (unpaired) electrons. The SMILES string of the molecule is C=CCNC(=O)[C@H](NC(=O)[C@H](CC)NC(=O)[C@H](CCCN/C(=N\C)NS(=O)(=O)c1c(C)c(C)c2c(c1C)CC(C)(C)O2)NC(=O)[C@@](C)(CC=C)NC(=O)O)c1ccccc1. The second-order valence-corrected chi connectivity index (χ2v) is 17.1. The van der Waals surface area contributed by atoms with Crippen LogP contribution in [0.5, 0.6) is 5.75 Å². The lowest BCUT2D eigenvalue weighted by molar-refractivity contribution is -0.135. The number of nitrogens with zero attached hydrogens (tertiary/aromatic N) is 1. The van der Waals surface area contributed by atoms with Crippen LogP contribution in [-0.4, -0.2) is 92.6 Å². The molecule has 5 amide bonds. The molecule has 1 aliphatic rings. The lowest BCUT2D eigenvalue weighted by atomic mass is 9.94. The maximum Gasteiger partial charge on any atom is 0.405 e. The number of carbonyl (C=O) groups is 5. The Morgan fingerprint density at radius 3 is 2.17 bits per heavy atom. The average molecular weight is 853 g/mol. The van der Waals surface area contributed by atoms with E-state index in [1.54, 1.807) is 51.1 Å². The van der Waals surface area contributed by atoms with Crippen LogP contribution < -0.4 is 41.4 Å². The minimum atomic E-state index is -4.14. The number of benzene rings is 2. The first-order chi connectivity index (χ1) is 28.1. The number of hydrogen-bond acceptors (Lipinski definition) is 9. The molecule has 0 bridgehead atoms. The van der Waals surface area contributed by atoms with Crippen LogP contribution in [0.3, 0.4) is 0 Å². The summed E-state index contributed by atoms with van der Waals surface area (Å²) in [6, 6.07) is 5.00. The highest BCUT2D eigenvalue weighted by molar-refractivity contribution is 7.90. The summed E-state index contributed by atoms with van der Waals surface area (Å²) in [7, 11) is -2.74. The third-order valence-corrected chi connectivity index (χ3v) is 11.8. The number of fused-ring (bicyclic) bond motifs is 1. The van der Waals surface area contributed by atoms with Crippen molar-refractivity contribution < 1.29 is 42.2 Å². The number of carboxylic acid groups (broad SMARTS) is 1. The molecular formula is C42H60N8O9S. The molecule has 328 valence electrons. The topological polar surface area (TPSA) is 246 Å². The van der Waals surface area contributed by atoms with Crippen LogP contribution in [0.2, 0.25) is 0 Å². The van der Waals surface area contributed by atoms with Crippen molar-refractivity contribution in [1.29, 1.82) is 0 Å². The predicted octanol–water partition coefficient (Wildman–Crippen LogP) is 3.10. The van der Waals surface area contributed by atoms with Crippen molar-refractivity contribution in [2.75, 3.05) is 20.1 Å². The maximum atomic E-state index is 13.9. The number of amides is 5. The monoisotopic (exact) mass is 852 g/mol. The molecule has 0 spiro atoms. The van der Waals surface area contributed by atoms with Gasteiger partial charge in [0.25, 0.3) is 10.0 Å². The fourth-order valence-electron chi connectivity index (χ4n) is 6.90. The summed E-state index contributed by atoms with van der Waals surface area (Å²) < 4.78 is 36.4. The van der Waals surface area contributed by atoms with E-state index >= 15 is 0 Å². The molecule has 0 aliphatic carbocycles. The van der Waals surface area contributed by atoms with Gasteiger partial charge in [-0.25, -0.2) is 17.9 Å². The van der Waals surface area contributed by atoms with E-state index < -0.39 is 69.0 Å². The summed E-state index contributed by atoms with van der Waals surface area (Å²) in [5.41, 5.74) is 0.992. The zero-order chi connectivity index (χ0) is 45.0. The van der Waals surface area contributed by atoms with E-state index in [1.807, 2.05) is 20.8 Å². The average Bonchev–Trinajstić information content (AvgIpc) is 3.53. The Morgan fingerprint density at radius 2 is 1.58 bits per heavy atom. The maximum absolute atomic E-state index is 13.9. The van der Waals surface area contributed by atoms with Crippen molar-refractivity contribution >= 4 is 45.7 Å². The van der Waals surface area contributed by atoms with Gasteiger partial charge in [-0.05, 0) is 89.5 Å². The first-order valence-electron chi connectivity index (χ1n) is 19.7. The first-order valence-corrected chi connectivity index (χ1v) is 21.2. The molecule has 1 aliphatic heterocycles. The molecule has 0 fully saturated rings. The molecule has 0 unspecified atom stereocenters. The van der Waals surface area contributed by atoms with Gasteiger partial charge in [-0.1, -0.05) is 49.4 Å². The molecule has 18 heteroatoms. The summed E-state index contributed by atoms with van der Waals surface area (Å²) in [5, 5.41) is 25.3. The highest BCUT2D eigenvalue weighted by Crippen LogP contribution is 2.43. The van der Waals surface area contributed by atoms with Gasteiger partial charge in [0.2, 0.25) is 29.6 Å². The molecule has 0 aromatic heterocycles. The molecule has 2 aromatic rings. The Hall–Kier alpha value is -5.91. The van der Waals surface area contributed by atoms with Crippen molar-refractivity contribution in [3.05, 3.63) is 83.5 Å². The van der Waals surface area contributed by atoms with Gasteiger partial charge in [0.05, 0.1) is 4.90 Å². The van der Waals surface area contributed by atoms with E-state index in [-0.39, 0.29) is 49.6 Å². The number of nitrogens with one attached hydrogen (secondary N) is 7. The van der Waals surface area contributed by atoms with Crippen molar-refractivity contribution in [2.45, 2.75) is 115 Å². The first kappa shape index (κ1) is 48.5. The van der Waals surface area contributed by atoms with E-state index in [0.29, 0.717) is 28.9 Å². The molecule has 17 nitrogen and oxygen atoms in total. The lowest BCUT2D eigenvalue weighted by Crippen LogP contribution is -2.61. The second kappa shape index (κ2) is 20.9. The second-order valence-electron chi connectivity index (χ2n) is 15.4. The number of ether oxygens (including phenoxy) is 1. The van der Waals surface area contributed by atoms with Crippen LogP contribution in [0, 0.1) is 20.8 Å². The molecule has 3 rings (SSSR count). The number of sulfonamides is 1. The van der Waals surface area contributed by atoms with Gasteiger partial charge in [0.1, 0.15) is 35.0 Å². The smallest absolute Gasteiger partial charge is 0.405 e. The minimum Gasteiger partial charge on any atom is -0.487 e. The standard InChI is InChI=1S/C42H60N8O9S/c1-11-21-42(9,49-40(55)56)38(54)47-31(36(52)46-30(13-3)35(51)48-32(37(53)44-22-12-2)28-18-15-14-16-19-28)20-17-23-45-39(43-10)50-60(57,58)34-26(5)25(4)33-29(27(34)6)24-41(7,8)59-33/h11-12,14-16,18-19,30-32,49H,1-2,13,17,20-24H2,3-10H3,(H,44,53)(H,46,52)(H,47,54)(H,48,51)(H,55,56)(H2,43,45,50)/t30-,31-,32+,42+/m0/s1. The molecule has 0 saturated carbocycles. The van der Waals surface area contributed by atoms with Gasteiger partial charge in [0, 0.05) is 32.1 Å². The summed E-state index contributed by atoms with van der Waals surface area (Å²) in [6.45, 7) is 19.6. The number of guanidine groups is 1. The zero-order valence-corrected chi connectivity index (χ0v) is 36.5. The Kier molecular flexibility index (Phi) is 16.9. The fourth-order valence-corrected chi connectivity index (χ4v) is 8.50. The van der Waals surface area contributed by atoms with Crippen molar-refractivity contribution in [2.24, 2.45) is 4.99 Å². The van der Waals surface area contributed by atoms with E-state index in [1.165, 1.54) is 26.1 Å². The third-order valence-electron chi connectivity index (χ3n) is 10.2. The molecule has 60 heavy (non-hydrogen) atoms. The van der Waals surface area contributed by atoms with Gasteiger partial charge >= 0.3 is 6.09 Å². The summed E-state index contributed by atoms with van der Waals surface area (Å²) in [6.07, 6.45) is 2.03. The van der Waals surface area contributed by atoms with Gasteiger partial charge in [-0.2, -0.15) is 0 Å². The van der Waals surface area contributed by atoms with Crippen LogP contribution in [0.4, 0.5) is 4.79 Å². The Balaban J connectivity index is 1.81. The Labute approximate surface area is 352 Å². The Morgan fingerprint density at radius 1 is 0.933 bits per heavy atom. The van der Waals surface area contributed by atoms with E-state index in [2.05, 4.69) is 54.8 Å². The minimum absolute atomic E-state index is 0.0434. The molecular weight excluding hydrogens is 793 g/mol. The number of rotatable bonds is 20. The number of aliphatic imine (C=N–C) groups is 1. The Bertz CT molecular complexity index is 2090. The van der Waals surface area contributed by atoms with Crippen molar-refractivity contribution in [1.82, 2.24) is 36.6 Å². The van der Waals surface area contributed by atoms with Crippen molar-refractivity contribution in [3.8, 4) is 5.75 Å². The van der Waals surface area contributed by atoms with Gasteiger partial charge in [0.15, 0.2) is 0 Å². The highest BCUT2D eigenvalue weighted by atomic mass is 32.2. The zero-order valence-electron chi connectivity index (χ0n) is 35.7. The fraction of sp³-hybridized carbons (Fsp3) is 0.476. The van der Waals surface area contributed by atoms with Crippen molar-refractivity contribution in [3.63, 3.8) is 0 Å². The molecule has 8 N–H and O–H groups in total. The van der Waals surface area contributed by atoms with E-state index in [4.69, 9.17) is 4.74 Å². The molecule has 0 saturated heterocycles. The predicted molar refractivity (Wildman–Crippen MR) is 229 cm³/mol. The summed E-state index contributed by atoms with van der Waals surface area (Å²) in [4.78, 5) is 70.1. The summed E-state index contributed by atoms with van der Waals surface area (Å²) in [5.74, 6) is -2.12. The quantitative estimate of drug-likeness (QED) is 0.0419. The van der Waals surface area contributed by atoms with E-state index in [0.717, 1.165) is 11.1 Å². The molecule has 2 aromatic carbocycles. The molecule has 4 atom stereocenters. The lowest BCUT2D eigenvalue weighted by Gasteiger charge is -2.30. The van der Waals surface area contributed by atoms with Crippen LogP contribution in [0.15, 0.2) is 65.5 Å². The van der Waals surface area contributed by atoms with Gasteiger partial charge < -0.3 is 41.7 Å². The highest BCUT2D eigenvalue weighted by Gasteiger charge is 2.38. The molecule has 1 heterocycles. The largest absolute Gasteiger partial charge is 0.487 e. The van der Waals surface area contributed by atoms with Crippen LogP contribution in [0.1, 0.15) is 87.2 Å². The number of hydrogen-bond donors (Lipinski definition) is 8. The van der Waals surface area contributed by atoms with E-state index in [9.17, 15) is 37.5 Å².